The number of carbonyl (C=O) groups is 1. The monoisotopic (exact) mass is 271 g/mol. The minimum atomic E-state index is -0.992. The van der Waals surface area contributed by atoms with Crippen molar-refractivity contribution in [2.75, 3.05) is 18.0 Å². The molecule has 1 aliphatic heterocycles. The first-order valence-electron chi connectivity index (χ1n) is 6.88. The Hall–Kier alpha value is -2.30. The third-order valence-corrected chi connectivity index (χ3v) is 3.69. The normalized spacial score (nSPS) is 15.3. The Kier molecular flexibility index (Phi) is 3.41. The van der Waals surface area contributed by atoms with Gasteiger partial charge in [-0.1, -0.05) is 12.1 Å². The van der Waals surface area contributed by atoms with Crippen LogP contribution >= 0.6 is 0 Å². The number of hydrogen-bond acceptors (Lipinski definition) is 3. The van der Waals surface area contributed by atoms with Crippen molar-refractivity contribution in [2.24, 2.45) is 0 Å². The van der Waals surface area contributed by atoms with E-state index in [0.29, 0.717) is 5.69 Å². The maximum Gasteiger partial charge on any atom is 0.353 e. The third-order valence-electron chi connectivity index (χ3n) is 3.69. The van der Waals surface area contributed by atoms with Gasteiger partial charge in [-0.25, -0.2) is 4.79 Å². The number of aromatic carboxylic acids is 1. The molecule has 1 saturated heterocycles. The van der Waals surface area contributed by atoms with Gasteiger partial charge in [-0.15, -0.1) is 0 Å². The predicted octanol–water partition coefficient (Wildman–Crippen LogP) is 2.77. The summed E-state index contributed by atoms with van der Waals surface area (Å²) >= 11 is 0. The molecule has 2 N–H and O–H groups in total. The summed E-state index contributed by atoms with van der Waals surface area (Å²) < 4.78 is 0. The van der Waals surface area contributed by atoms with Gasteiger partial charge in [-0.05, 0) is 37.5 Å². The lowest BCUT2D eigenvalue weighted by atomic mass is 10.1. The highest BCUT2D eigenvalue weighted by atomic mass is 16.4. The number of H-pyrrole nitrogens is 1. The van der Waals surface area contributed by atoms with E-state index >= 15 is 0 Å². The molecular formula is C15H17N3O2. The Labute approximate surface area is 117 Å². The molecule has 1 aromatic carbocycles. The number of carboxylic acid groups (broad SMARTS) is 1. The molecular weight excluding hydrogens is 254 g/mol. The molecule has 1 aliphatic rings. The second-order valence-electron chi connectivity index (χ2n) is 5.07. The topological polar surface area (TPSA) is 69.2 Å². The number of benzene rings is 1. The van der Waals surface area contributed by atoms with Gasteiger partial charge in [0.25, 0.3) is 0 Å². The second-order valence-corrected chi connectivity index (χ2v) is 5.07. The molecule has 0 atom stereocenters. The van der Waals surface area contributed by atoms with Gasteiger partial charge in [0, 0.05) is 24.3 Å². The minimum Gasteiger partial charge on any atom is -0.477 e. The lowest BCUT2D eigenvalue weighted by Gasteiger charge is -2.28. The highest BCUT2D eigenvalue weighted by Gasteiger charge is 2.12. The summed E-state index contributed by atoms with van der Waals surface area (Å²) in [7, 11) is 0. The highest BCUT2D eigenvalue weighted by molar-refractivity contribution is 5.86. The Bertz CT molecular complexity index is 598. The van der Waals surface area contributed by atoms with E-state index in [0.717, 1.165) is 18.7 Å². The standard InChI is InChI=1S/C15H17N3O2/c19-15(20)14-10-13(16-17-14)11-4-6-12(7-5-11)18-8-2-1-3-9-18/h4-7,10H,1-3,8-9H2,(H,16,17)(H,19,20). The summed E-state index contributed by atoms with van der Waals surface area (Å²) in [4.78, 5) is 13.2. The van der Waals surface area contributed by atoms with E-state index in [-0.39, 0.29) is 5.69 Å². The van der Waals surface area contributed by atoms with Gasteiger partial charge in [-0.3, -0.25) is 5.10 Å². The first kappa shape index (κ1) is 12.7. The zero-order chi connectivity index (χ0) is 13.9. The van der Waals surface area contributed by atoms with Crippen molar-refractivity contribution >= 4 is 11.7 Å². The van der Waals surface area contributed by atoms with Crippen LogP contribution in [0.15, 0.2) is 30.3 Å². The smallest absolute Gasteiger partial charge is 0.353 e. The summed E-state index contributed by atoms with van der Waals surface area (Å²) in [5.74, 6) is -0.992. The Balaban J connectivity index is 1.79. The largest absolute Gasteiger partial charge is 0.477 e. The summed E-state index contributed by atoms with van der Waals surface area (Å²) in [6, 6.07) is 9.70. The Morgan fingerprint density at radius 3 is 2.45 bits per heavy atom. The fraction of sp³-hybridized carbons (Fsp3) is 0.333. The van der Waals surface area contributed by atoms with Crippen molar-refractivity contribution in [2.45, 2.75) is 19.3 Å². The average molecular weight is 271 g/mol. The number of aromatic nitrogens is 2. The maximum absolute atomic E-state index is 10.8. The molecule has 2 aromatic rings. The molecule has 3 rings (SSSR count). The van der Waals surface area contributed by atoms with Crippen LogP contribution in [-0.2, 0) is 0 Å². The Morgan fingerprint density at radius 2 is 1.85 bits per heavy atom. The number of rotatable bonds is 3. The van der Waals surface area contributed by atoms with E-state index in [1.54, 1.807) is 6.07 Å². The lowest BCUT2D eigenvalue weighted by molar-refractivity contribution is 0.0690. The molecule has 5 heteroatoms. The average Bonchev–Trinajstić information content (AvgIpc) is 2.98. The van der Waals surface area contributed by atoms with Crippen LogP contribution in [0.1, 0.15) is 29.8 Å². The summed E-state index contributed by atoms with van der Waals surface area (Å²) in [5.41, 5.74) is 2.92. The summed E-state index contributed by atoms with van der Waals surface area (Å²) in [5, 5.41) is 15.4. The van der Waals surface area contributed by atoms with Crippen LogP contribution in [0.4, 0.5) is 5.69 Å². The van der Waals surface area contributed by atoms with Crippen molar-refractivity contribution < 1.29 is 9.90 Å². The Morgan fingerprint density at radius 1 is 1.15 bits per heavy atom. The van der Waals surface area contributed by atoms with E-state index in [1.807, 2.05) is 12.1 Å². The van der Waals surface area contributed by atoms with Gasteiger partial charge in [0.05, 0.1) is 5.69 Å². The van der Waals surface area contributed by atoms with E-state index in [9.17, 15) is 4.79 Å². The summed E-state index contributed by atoms with van der Waals surface area (Å²) in [6.45, 7) is 2.23. The molecule has 2 heterocycles. The molecule has 0 radical (unpaired) electrons. The van der Waals surface area contributed by atoms with Gasteiger partial charge >= 0.3 is 5.97 Å². The SMILES string of the molecule is O=C(O)c1cc(-c2ccc(N3CCCCC3)cc2)n[nH]1. The highest BCUT2D eigenvalue weighted by Crippen LogP contribution is 2.24. The van der Waals surface area contributed by atoms with Crippen molar-refractivity contribution in [3.8, 4) is 11.3 Å². The fourth-order valence-electron chi connectivity index (χ4n) is 2.57. The number of hydrogen-bond donors (Lipinski definition) is 2. The number of carboxylic acids is 1. The number of piperidine rings is 1. The molecule has 0 spiro atoms. The first-order chi connectivity index (χ1) is 9.74. The van der Waals surface area contributed by atoms with E-state index in [2.05, 4.69) is 27.2 Å². The van der Waals surface area contributed by atoms with Crippen LogP contribution < -0.4 is 4.90 Å². The first-order valence-corrected chi connectivity index (χ1v) is 6.88. The molecule has 0 unspecified atom stereocenters. The van der Waals surface area contributed by atoms with Crippen LogP contribution in [-0.4, -0.2) is 34.4 Å². The van der Waals surface area contributed by atoms with Crippen LogP contribution in [0, 0.1) is 0 Å². The van der Waals surface area contributed by atoms with Gasteiger partial charge in [0.1, 0.15) is 5.69 Å². The van der Waals surface area contributed by atoms with Gasteiger partial charge in [0.2, 0.25) is 0 Å². The zero-order valence-electron chi connectivity index (χ0n) is 11.2. The number of nitrogens with one attached hydrogen (secondary N) is 1. The van der Waals surface area contributed by atoms with E-state index in [1.165, 1.54) is 24.9 Å². The molecule has 0 amide bonds. The van der Waals surface area contributed by atoms with Crippen molar-refractivity contribution in [1.29, 1.82) is 0 Å². The quantitative estimate of drug-likeness (QED) is 0.900. The van der Waals surface area contributed by atoms with Crippen LogP contribution in [0.2, 0.25) is 0 Å². The number of nitrogens with zero attached hydrogens (tertiary/aromatic N) is 2. The lowest BCUT2D eigenvalue weighted by Crippen LogP contribution is -2.29. The van der Waals surface area contributed by atoms with E-state index < -0.39 is 5.97 Å². The molecule has 5 nitrogen and oxygen atoms in total. The van der Waals surface area contributed by atoms with Crippen molar-refractivity contribution in [1.82, 2.24) is 10.2 Å². The predicted molar refractivity (Wildman–Crippen MR) is 77.0 cm³/mol. The van der Waals surface area contributed by atoms with Crippen molar-refractivity contribution in [3.63, 3.8) is 0 Å². The van der Waals surface area contributed by atoms with Crippen molar-refractivity contribution in [3.05, 3.63) is 36.0 Å². The van der Waals surface area contributed by atoms with Gasteiger partial charge in [0.15, 0.2) is 0 Å². The van der Waals surface area contributed by atoms with Crippen LogP contribution in [0.3, 0.4) is 0 Å². The zero-order valence-corrected chi connectivity index (χ0v) is 11.2. The molecule has 20 heavy (non-hydrogen) atoms. The van der Waals surface area contributed by atoms with Crippen LogP contribution in [0.25, 0.3) is 11.3 Å². The third kappa shape index (κ3) is 2.52. The number of aromatic amines is 1. The molecule has 104 valence electrons. The fourth-order valence-corrected chi connectivity index (χ4v) is 2.57. The maximum atomic E-state index is 10.8. The van der Waals surface area contributed by atoms with E-state index in [4.69, 9.17) is 5.11 Å². The molecule has 1 aromatic heterocycles. The molecule has 1 fully saturated rings. The number of anilines is 1. The van der Waals surface area contributed by atoms with Gasteiger partial charge < -0.3 is 10.0 Å². The summed E-state index contributed by atoms with van der Waals surface area (Å²) in [6.07, 6.45) is 3.83. The molecule has 0 aliphatic carbocycles. The molecule has 0 bridgehead atoms. The van der Waals surface area contributed by atoms with Crippen LogP contribution in [0.5, 0.6) is 0 Å². The second kappa shape index (κ2) is 5.36. The molecule has 0 saturated carbocycles. The van der Waals surface area contributed by atoms with Gasteiger partial charge in [-0.2, -0.15) is 5.10 Å². The minimum absolute atomic E-state index is 0.111.